The Morgan fingerprint density at radius 2 is 2.28 bits per heavy atom. The molecule has 0 amide bonds. The van der Waals surface area contributed by atoms with Gasteiger partial charge in [-0.1, -0.05) is 0 Å². The van der Waals surface area contributed by atoms with Crippen LogP contribution in [-0.2, 0) is 9.53 Å². The smallest absolute Gasteiger partial charge is 0.307 e. The van der Waals surface area contributed by atoms with Crippen molar-refractivity contribution >= 4 is 17.3 Å². The number of benzene rings is 1. The zero-order chi connectivity index (χ0) is 13.5. The van der Waals surface area contributed by atoms with Gasteiger partial charge < -0.3 is 10.1 Å². The number of hydrogen-bond donors (Lipinski definition) is 1. The lowest BCUT2D eigenvalue weighted by Crippen LogP contribution is -2.12. The highest BCUT2D eigenvalue weighted by molar-refractivity contribution is 5.70. The van der Waals surface area contributed by atoms with Crippen molar-refractivity contribution in [2.75, 3.05) is 18.5 Å². The van der Waals surface area contributed by atoms with Crippen LogP contribution in [0.3, 0.4) is 0 Å². The number of halogens is 1. The summed E-state index contributed by atoms with van der Waals surface area (Å²) >= 11 is 0. The third kappa shape index (κ3) is 4.00. The molecule has 0 aliphatic heterocycles. The van der Waals surface area contributed by atoms with E-state index in [4.69, 9.17) is 4.74 Å². The molecule has 0 fully saturated rings. The zero-order valence-corrected chi connectivity index (χ0v) is 9.81. The number of carbonyl (C=O) groups excluding carboxylic acids is 1. The van der Waals surface area contributed by atoms with Crippen molar-refractivity contribution in [1.29, 1.82) is 0 Å². The van der Waals surface area contributed by atoms with Crippen LogP contribution in [0.5, 0.6) is 0 Å². The Kier molecular flexibility index (Phi) is 5.04. The number of rotatable bonds is 6. The molecule has 7 heteroatoms. The third-order valence-electron chi connectivity index (χ3n) is 2.11. The highest BCUT2D eigenvalue weighted by Gasteiger charge is 2.14. The first-order chi connectivity index (χ1) is 8.54. The molecule has 0 unspecified atom stereocenters. The molecule has 1 N–H and O–H groups in total. The maximum absolute atomic E-state index is 13.0. The van der Waals surface area contributed by atoms with E-state index in [-0.39, 0.29) is 30.9 Å². The quantitative estimate of drug-likeness (QED) is 0.479. The summed E-state index contributed by atoms with van der Waals surface area (Å²) in [7, 11) is 0. The first kappa shape index (κ1) is 13.9. The molecule has 18 heavy (non-hydrogen) atoms. The topological polar surface area (TPSA) is 81.5 Å². The standard InChI is InChI=1S/C11H13FN2O4/c1-2-18-11(15)5-6-13-9-7-8(12)3-4-10(9)14(16)17/h3-4,7,13H,2,5-6H2,1H3. The number of carbonyl (C=O) groups is 1. The maximum atomic E-state index is 13.0. The summed E-state index contributed by atoms with van der Waals surface area (Å²) in [4.78, 5) is 21.1. The predicted octanol–water partition coefficient (Wildman–Crippen LogP) is 2.10. The molecule has 1 rings (SSSR count). The van der Waals surface area contributed by atoms with E-state index < -0.39 is 16.7 Å². The van der Waals surface area contributed by atoms with Gasteiger partial charge in [-0.2, -0.15) is 0 Å². The van der Waals surface area contributed by atoms with Gasteiger partial charge in [0.2, 0.25) is 0 Å². The van der Waals surface area contributed by atoms with Crippen LogP contribution in [0.4, 0.5) is 15.8 Å². The fourth-order valence-electron chi connectivity index (χ4n) is 1.34. The van der Waals surface area contributed by atoms with Crippen molar-refractivity contribution in [1.82, 2.24) is 0 Å². The number of nitrogens with one attached hydrogen (secondary N) is 1. The second-order valence-electron chi connectivity index (χ2n) is 3.40. The fourth-order valence-corrected chi connectivity index (χ4v) is 1.34. The molecular weight excluding hydrogens is 243 g/mol. The van der Waals surface area contributed by atoms with Gasteiger partial charge in [0.25, 0.3) is 5.69 Å². The van der Waals surface area contributed by atoms with Crippen molar-refractivity contribution < 1.29 is 18.8 Å². The molecule has 0 heterocycles. The second kappa shape index (κ2) is 6.53. The van der Waals surface area contributed by atoms with Crippen LogP contribution in [0.1, 0.15) is 13.3 Å². The van der Waals surface area contributed by atoms with E-state index in [0.29, 0.717) is 0 Å². The van der Waals surface area contributed by atoms with Crippen LogP contribution >= 0.6 is 0 Å². The van der Waals surface area contributed by atoms with Crippen LogP contribution in [0.25, 0.3) is 0 Å². The van der Waals surface area contributed by atoms with Crippen molar-refractivity contribution in [2.24, 2.45) is 0 Å². The number of esters is 1. The van der Waals surface area contributed by atoms with Gasteiger partial charge in [0, 0.05) is 18.7 Å². The Balaban J connectivity index is 2.63. The van der Waals surface area contributed by atoms with Crippen LogP contribution < -0.4 is 5.32 Å². The molecule has 0 saturated heterocycles. The Labute approximate surface area is 103 Å². The summed E-state index contributed by atoms with van der Waals surface area (Å²) in [5.41, 5.74) is -0.190. The number of nitro benzene ring substituents is 1. The Morgan fingerprint density at radius 1 is 1.56 bits per heavy atom. The first-order valence-electron chi connectivity index (χ1n) is 5.38. The Bertz CT molecular complexity index is 451. The number of nitro groups is 1. The van der Waals surface area contributed by atoms with E-state index in [1.807, 2.05) is 0 Å². The Morgan fingerprint density at radius 3 is 2.89 bits per heavy atom. The SMILES string of the molecule is CCOC(=O)CCNc1cc(F)ccc1[N+](=O)[O-]. The minimum atomic E-state index is -0.619. The van der Waals surface area contributed by atoms with E-state index in [2.05, 4.69) is 5.32 Å². The lowest BCUT2D eigenvalue weighted by atomic mass is 10.2. The molecule has 1 aromatic rings. The highest BCUT2D eigenvalue weighted by atomic mass is 19.1. The summed E-state index contributed by atoms with van der Waals surface area (Å²) < 4.78 is 17.7. The normalized spacial score (nSPS) is 9.89. The second-order valence-corrected chi connectivity index (χ2v) is 3.40. The van der Waals surface area contributed by atoms with Crippen LogP contribution in [0.15, 0.2) is 18.2 Å². The van der Waals surface area contributed by atoms with Crippen LogP contribution in [-0.4, -0.2) is 24.0 Å². The number of ether oxygens (including phenoxy) is 1. The highest BCUT2D eigenvalue weighted by Crippen LogP contribution is 2.24. The van der Waals surface area contributed by atoms with E-state index in [0.717, 1.165) is 18.2 Å². The van der Waals surface area contributed by atoms with Gasteiger partial charge in [0.15, 0.2) is 0 Å². The van der Waals surface area contributed by atoms with Gasteiger partial charge in [0.1, 0.15) is 11.5 Å². The third-order valence-corrected chi connectivity index (χ3v) is 2.11. The maximum Gasteiger partial charge on any atom is 0.307 e. The van der Waals surface area contributed by atoms with Crippen molar-refractivity contribution in [2.45, 2.75) is 13.3 Å². The molecule has 6 nitrogen and oxygen atoms in total. The predicted molar refractivity (Wildman–Crippen MR) is 62.8 cm³/mol. The minimum Gasteiger partial charge on any atom is -0.466 e. The van der Waals surface area contributed by atoms with Crippen molar-refractivity contribution in [3.8, 4) is 0 Å². The minimum absolute atomic E-state index is 0.0456. The average molecular weight is 256 g/mol. The zero-order valence-electron chi connectivity index (χ0n) is 9.81. The molecule has 0 aliphatic carbocycles. The number of anilines is 1. The molecule has 98 valence electrons. The van der Waals surface area contributed by atoms with Crippen LogP contribution in [0.2, 0.25) is 0 Å². The van der Waals surface area contributed by atoms with Gasteiger partial charge >= 0.3 is 5.97 Å². The molecule has 0 aliphatic rings. The summed E-state index contributed by atoms with van der Waals surface area (Å²) in [6.45, 7) is 2.10. The van der Waals surface area contributed by atoms with Crippen molar-refractivity contribution in [3.05, 3.63) is 34.1 Å². The van der Waals surface area contributed by atoms with E-state index in [9.17, 15) is 19.3 Å². The van der Waals surface area contributed by atoms with Gasteiger partial charge in [-0.25, -0.2) is 4.39 Å². The van der Waals surface area contributed by atoms with E-state index >= 15 is 0 Å². The first-order valence-corrected chi connectivity index (χ1v) is 5.38. The molecule has 1 aromatic carbocycles. The Hall–Kier alpha value is -2.18. The van der Waals surface area contributed by atoms with Gasteiger partial charge in [-0.15, -0.1) is 0 Å². The van der Waals surface area contributed by atoms with Gasteiger partial charge in [0.05, 0.1) is 18.0 Å². The van der Waals surface area contributed by atoms with Crippen LogP contribution in [0, 0.1) is 15.9 Å². The van der Waals surface area contributed by atoms with E-state index in [1.165, 1.54) is 0 Å². The van der Waals surface area contributed by atoms with Gasteiger partial charge in [-0.05, 0) is 13.0 Å². The summed E-state index contributed by atoms with van der Waals surface area (Å²) in [5.74, 6) is -0.997. The average Bonchev–Trinajstić information content (AvgIpc) is 2.29. The fraction of sp³-hybridized carbons (Fsp3) is 0.364. The summed E-state index contributed by atoms with van der Waals surface area (Å²) in [6.07, 6.45) is 0.0571. The largest absolute Gasteiger partial charge is 0.466 e. The molecule has 0 spiro atoms. The number of nitrogens with zero attached hydrogens (tertiary/aromatic N) is 1. The summed E-state index contributed by atoms with van der Waals surface area (Å²) in [5, 5.41) is 13.3. The van der Waals surface area contributed by atoms with Crippen molar-refractivity contribution in [3.63, 3.8) is 0 Å². The molecular formula is C11H13FN2O4. The molecule has 0 radical (unpaired) electrons. The monoisotopic (exact) mass is 256 g/mol. The molecule has 0 aromatic heterocycles. The summed E-state index contributed by atoms with van der Waals surface area (Å²) in [6, 6.07) is 3.10. The molecule has 0 atom stereocenters. The number of hydrogen-bond acceptors (Lipinski definition) is 5. The lowest BCUT2D eigenvalue weighted by molar-refractivity contribution is -0.384. The van der Waals surface area contributed by atoms with E-state index in [1.54, 1.807) is 6.92 Å². The molecule has 0 saturated carbocycles. The lowest BCUT2D eigenvalue weighted by Gasteiger charge is -2.06. The molecule has 0 bridgehead atoms. The van der Waals surface area contributed by atoms with Gasteiger partial charge in [-0.3, -0.25) is 14.9 Å².